The van der Waals surface area contributed by atoms with Crippen molar-refractivity contribution in [3.63, 3.8) is 0 Å². The lowest BCUT2D eigenvalue weighted by atomic mass is 10.2. The number of anilines is 1. The summed E-state index contributed by atoms with van der Waals surface area (Å²) >= 11 is 0. The van der Waals surface area contributed by atoms with Crippen LogP contribution in [0.5, 0.6) is 0 Å². The van der Waals surface area contributed by atoms with Crippen molar-refractivity contribution in [3.05, 3.63) is 59.7 Å². The van der Waals surface area contributed by atoms with Gasteiger partial charge in [-0.3, -0.25) is 4.79 Å². The van der Waals surface area contributed by atoms with Gasteiger partial charge in [0, 0.05) is 11.8 Å². The highest BCUT2D eigenvalue weighted by molar-refractivity contribution is 7.91. The monoisotopic (exact) mass is 339 g/mol. The molecule has 0 aliphatic heterocycles. The molecule has 0 aromatic heterocycles. The van der Waals surface area contributed by atoms with E-state index in [1.165, 1.54) is 24.3 Å². The molecule has 0 saturated carbocycles. The van der Waals surface area contributed by atoms with Crippen molar-refractivity contribution < 1.29 is 22.0 Å². The molecule has 23 heavy (non-hydrogen) atoms. The standard InChI is InChI=1S/C16H15F2NO3S/c1-2-7-23(21,22)15-6-4-3-5-14(15)16(20)19-13-9-11(17)8-12(18)10-13/h3-6,8-10H,2,7H2,1H3,(H,19,20). The van der Waals surface area contributed by atoms with Crippen LogP contribution in [0, 0.1) is 11.6 Å². The number of carbonyl (C=O) groups is 1. The molecule has 0 spiro atoms. The van der Waals surface area contributed by atoms with Gasteiger partial charge in [0.25, 0.3) is 5.91 Å². The van der Waals surface area contributed by atoms with Gasteiger partial charge < -0.3 is 5.32 Å². The molecule has 2 rings (SSSR count). The molecule has 0 aliphatic carbocycles. The van der Waals surface area contributed by atoms with Crippen LogP contribution < -0.4 is 5.32 Å². The largest absolute Gasteiger partial charge is 0.322 e. The molecule has 0 atom stereocenters. The second-order valence-electron chi connectivity index (χ2n) is 4.93. The SMILES string of the molecule is CCCS(=O)(=O)c1ccccc1C(=O)Nc1cc(F)cc(F)c1. The predicted molar refractivity (Wildman–Crippen MR) is 83.1 cm³/mol. The van der Waals surface area contributed by atoms with Crippen molar-refractivity contribution >= 4 is 21.4 Å². The molecular weight excluding hydrogens is 324 g/mol. The van der Waals surface area contributed by atoms with Gasteiger partial charge in [-0.2, -0.15) is 0 Å². The fraction of sp³-hybridized carbons (Fsp3) is 0.188. The van der Waals surface area contributed by atoms with Crippen molar-refractivity contribution in [2.24, 2.45) is 0 Å². The fourth-order valence-electron chi connectivity index (χ4n) is 2.13. The number of hydrogen-bond acceptors (Lipinski definition) is 3. The summed E-state index contributed by atoms with van der Waals surface area (Å²) in [4.78, 5) is 12.2. The average molecular weight is 339 g/mol. The number of benzene rings is 2. The molecule has 0 heterocycles. The number of nitrogens with one attached hydrogen (secondary N) is 1. The molecule has 0 bridgehead atoms. The molecule has 1 N–H and O–H groups in total. The lowest BCUT2D eigenvalue weighted by molar-refractivity contribution is 0.102. The Morgan fingerprint density at radius 2 is 1.70 bits per heavy atom. The molecule has 0 unspecified atom stereocenters. The molecular formula is C16H15F2NO3S. The molecule has 1 amide bonds. The van der Waals surface area contributed by atoms with Gasteiger partial charge in [0.15, 0.2) is 9.84 Å². The Hall–Kier alpha value is -2.28. The highest BCUT2D eigenvalue weighted by Crippen LogP contribution is 2.20. The van der Waals surface area contributed by atoms with Crippen molar-refractivity contribution in [1.82, 2.24) is 0 Å². The summed E-state index contributed by atoms with van der Waals surface area (Å²) in [6.07, 6.45) is 0.410. The van der Waals surface area contributed by atoms with Gasteiger partial charge in [0.1, 0.15) is 11.6 Å². The van der Waals surface area contributed by atoms with Crippen molar-refractivity contribution in [1.29, 1.82) is 0 Å². The maximum absolute atomic E-state index is 13.2. The van der Waals surface area contributed by atoms with Gasteiger partial charge >= 0.3 is 0 Å². The number of rotatable bonds is 5. The summed E-state index contributed by atoms with van der Waals surface area (Å²) in [5.74, 6) is -2.52. The minimum atomic E-state index is -3.60. The van der Waals surface area contributed by atoms with Crippen molar-refractivity contribution in [2.75, 3.05) is 11.1 Å². The van der Waals surface area contributed by atoms with E-state index in [1.54, 1.807) is 6.92 Å². The summed E-state index contributed by atoms with van der Waals surface area (Å²) in [5, 5.41) is 2.31. The summed E-state index contributed by atoms with van der Waals surface area (Å²) < 4.78 is 50.8. The molecule has 0 radical (unpaired) electrons. The topological polar surface area (TPSA) is 63.2 Å². The van der Waals surface area contributed by atoms with E-state index in [1.807, 2.05) is 0 Å². The number of carbonyl (C=O) groups excluding carboxylic acids is 1. The first kappa shape index (κ1) is 17.1. The van der Waals surface area contributed by atoms with Crippen LogP contribution in [0.2, 0.25) is 0 Å². The van der Waals surface area contributed by atoms with Crippen LogP contribution in [0.1, 0.15) is 23.7 Å². The zero-order valence-electron chi connectivity index (χ0n) is 12.3. The third-order valence-electron chi connectivity index (χ3n) is 3.06. The second-order valence-corrected chi connectivity index (χ2v) is 7.00. The first-order valence-electron chi connectivity index (χ1n) is 6.92. The van der Waals surface area contributed by atoms with Gasteiger partial charge in [-0.15, -0.1) is 0 Å². The Morgan fingerprint density at radius 1 is 1.09 bits per heavy atom. The van der Waals surface area contributed by atoms with E-state index in [4.69, 9.17) is 0 Å². The van der Waals surface area contributed by atoms with Crippen LogP contribution in [0.25, 0.3) is 0 Å². The second kappa shape index (κ2) is 6.87. The maximum Gasteiger partial charge on any atom is 0.256 e. The minimum Gasteiger partial charge on any atom is -0.322 e. The van der Waals surface area contributed by atoms with Crippen LogP contribution in [0.4, 0.5) is 14.5 Å². The zero-order chi connectivity index (χ0) is 17.0. The number of amides is 1. The van der Waals surface area contributed by atoms with Gasteiger partial charge in [-0.05, 0) is 30.7 Å². The van der Waals surface area contributed by atoms with E-state index in [0.29, 0.717) is 12.5 Å². The zero-order valence-corrected chi connectivity index (χ0v) is 13.2. The molecule has 0 saturated heterocycles. The quantitative estimate of drug-likeness (QED) is 0.908. The lowest BCUT2D eigenvalue weighted by Crippen LogP contribution is -2.18. The molecule has 2 aromatic carbocycles. The van der Waals surface area contributed by atoms with E-state index in [0.717, 1.165) is 12.1 Å². The number of halogens is 2. The highest BCUT2D eigenvalue weighted by Gasteiger charge is 2.21. The molecule has 0 aliphatic rings. The third kappa shape index (κ3) is 4.13. The maximum atomic E-state index is 13.2. The normalized spacial score (nSPS) is 11.3. The Balaban J connectivity index is 2.37. The average Bonchev–Trinajstić information content (AvgIpc) is 2.46. The molecule has 7 heteroatoms. The fourth-order valence-corrected chi connectivity index (χ4v) is 3.67. The third-order valence-corrected chi connectivity index (χ3v) is 5.03. The number of sulfone groups is 1. The Bertz CT molecular complexity index is 815. The molecule has 122 valence electrons. The number of hydrogen-bond donors (Lipinski definition) is 1. The summed E-state index contributed by atoms with van der Waals surface area (Å²) in [7, 11) is -3.60. The van der Waals surface area contributed by atoms with Crippen LogP contribution >= 0.6 is 0 Å². The van der Waals surface area contributed by atoms with Gasteiger partial charge in [-0.1, -0.05) is 19.1 Å². The summed E-state index contributed by atoms with van der Waals surface area (Å²) in [6, 6.07) is 8.30. The molecule has 0 fully saturated rings. The molecule has 4 nitrogen and oxygen atoms in total. The van der Waals surface area contributed by atoms with Crippen LogP contribution in [-0.4, -0.2) is 20.1 Å². The Kier molecular flexibility index (Phi) is 5.10. The smallest absolute Gasteiger partial charge is 0.256 e. The van der Waals surface area contributed by atoms with E-state index in [2.05, 4.69) is 5.32 Å². The predicted octanol–water partition coefficient (Wildman–Crippen LogP) is 3.40. The van der Waals surface area contributed by atoms with Crippen LogP contribution in [0.15, 0.2) is 47.4 Å². The van der Waals surface area contributed by atoms with E-state index in [9.17, 15) is 22.0 Å². The first-order chi connectivity index (χ1) is 10.8. The first-order valence-corrected chi connectivity index (χ1v) is 8.58. The minimum absolute atomic E-state index is 0.0642. The van der Waals surface area contributed by atoms with Crippen molar-refractivity contribution in [2.45, 2.75) is 18.2 Å². The Morgan fingerprint density at radius 3 is 2.30 bits per heavy atom. The van der Waals surface area contributed by atoms with Gasteiger partial charge in [0.2, 0.25) is 0 Å². The summed E-state index contributed by atoms with van der Waals surface area (Å²) in [6.45, 7) is 1.72. The summed E-state index contributed by atoms with van der Waals surface area (Å²) in [5.41, 5.74) is -0.152. The van der Waals surface area contributed by atoms with Crippen LogP contribution in [0.3, 0.4) is 0 Å². The van der Waals surface area contributed by atoms with E-state index in [-0.39, 0.29) is 21.9 Å². The van der Waals surface area contributed by atoms with E-state index < -0.39 is 27.4 Å². The lowest BCUT2D eigenvalue weighted by Gasteiger charge is -2.10. The Labute approximate surface area is 133 Å². The molecule has 2 aromatic rings. The van der Waals surface area contributed by atoms with E-state index >= 15 is 0 Å². The van der Waals surface area contributed by atoms with Gasteiger partial charge in [0.05, 0.1) is 16.2 Å². The highest BCUT2D eigenvalue weighted by atomic mass is 32.2. The van der Waals surface area contributed by atoms with Crippen LogP contribution in [-0.2, 0) is 9.84 Å². The van der Waals surface area contributed by atoms with Gasteiger partial charge in [-0.25, -0.2) is 17.2 Å². The van der Waals surface area contributed by atoms with Crippen molar-refractivity contribution in [3.8, 4) is 0 Å².